The van der Waals surface area contributed by atoms with E-state index in [2.05, 4.69) is 21.9 Å². The van der Waals surface area contributed by atoms with Gasteiger partial charge in [0.05, 0.1) is 17.3 Å². The van der Waals surface area contributed by atoms with Crippen molar-refractivity contribution in [3.05, 3.63) is 18.5 Å². The molecule has 1 aliphatic rings. The van der Waals surface area contributed by atoms with Crippen LogP contribution < -0.4 is 4.90 Å². The topological polar surface area (TPSA) is 74.5 Å². The molecule has 7 nitrogen and oxygen atoms in total. The van der Waals surface area contributed by atoms with Crippen molar-refractivity contribution < 1.29 is 9.90 Å². The van der Waals surface area contributed by atoms with Gasteiger partial charge in [0.1, 0.15) is 0 Å². The number of rotatable bonds is 2. The van der Waals surface area contributed by atoms with E-state index in [4.69, 9.17) is 5.11 Å². The lowest BCUT2D eigenvalue weighted by Crippen LogP contribution is -2.54. The Hall–Kier alpha value is -2.31. The molecule has 1 amide bonds. The van der Waals surface area contributed by atoms with Gasteiger partial charge in [-0.15, -0.1) is 0 Å². The summed E-state index contributed by atoms with van der Waals surface area (Å²) in [4.78, 5) is 19.3. The van der Waals surface area contributed by atoms with Gasteiger partial charge < -0.3 is 14.9 Å². The number of amides is 1. The number of pyridine rings is 1. The van der Waals surface area contributed by atoms with Crippen LogP contribution in [0.1, 0.15) is 13.3 Å². The number of hydrogen-bond acceptors (Lipinski definition) is 4. The minimum absolute atomic E-state index is 0.181. The van der Waals surface area contributed by atoms with Gasteiger partial charge in [-0.05, 0) is 12.5 Å². The predicted molar refractivity (Wildman–Crippen MR) is 79.5 cm³/mol. The normalized spacial score (nSPS) is 19.2. The number of fused-ring (bicyclic) bond motifs is 1. The fourth-order valence-corrected chi connectivity index (χ4v) is 2.98. The molecule has 3 rings (SSSR count). The van der Waals surface area contributed by atoms with E-state index in [1.165, 1.54) is 4.90 Å². The van der Waals surface area contributed by atoms with Crippen LogP contribution in [0, 0.1) is 0 Å². The van der Waals surface area contributed by atoms with Crippen molar-refractivity contribution in [2.24, 2.45) is 7.05 Å². The summed E-state index contributed by atoms with van der Waals surface area (Å²) >= 11 is 0. The van der Waals surface area contributed by atoms with Gasteiger partial charge in [-0.25, -0.2) is 9.78 Å². The van der Waals surface area contributed by atoms with E-state index >= 15 is 0 Å². The first-order valence-electron chi connectivity index (χ1n) is 7.13. The first-order chi connectivity index (χ1) is 10.1. The summed E-state index contributed by atoms with van der Waals surface area (Å²) in [7, 11) is 1.87. The molecule has 0 spiro atoms. The molecule has 0 unspecified atom stereocenters. The minimum Gasteiger partial charge on any atom is -0.465 e. The Kier molecular flexibility index (Phi) is 3.40. The molecule has 1 N–H and O–H groups in total. The third-order valence-electron chi connectivity index (χ3n) is 4.15. The van der Waals surface area contributed by atoms with Gasteiger partial charge in [0.2, 0.25) is 0 Å². The van der Waals surface area contributed by atoms with Crippen LogP contribution in [-0.2, 0) is 7.05 Å². The molecular formula is C14H19N5O2. The zero-order valence-electron chi connectivity index (χ0n) is 12.2. The largest absolute Gasteiger partial charge is 0.465 e. The predicted octanol–water partition coefficient (Wildman–Crippen LogP) is 1.55. The second-order valence-corrected chi connectivity index (χ2v) is 5.32. The summed E-state index contributed by atoms with van der Waals surface area (Å²) in [6, 6.07) is 2.17. The Morgan fingerprint density at radius 3 is 3.00 bits per heavy atom. The first-order valence-corrected chi connectivity index (χ1v) is 7.13. The molecule has 3 heterocycles. The molecule has 112 valence electrons. The number of carboxylic acid groups (broad SMARTS) is 1. The maximum atomic E-state index is 11.2. The van der Waals surface area contributed by atoms with Crippen molar-refractivity contribution in [1.29, 1.82) is 0 Å². The van der Waals surface area contributed by atoms with Gasteiger partial charge in [-0.1, -0.05) is 6.92 Å². The van der Waals surface area contributed by atoms with Crippen LogP contribution in [-0.4, -0.2) is 56.5 Å². The molecule has 0 saturated carbocycles. The second-order valence-electron chi connectivity index (χ2n) is 5.32. The Balaban J connectivity index is 1.96. The molecule has 2 aromatic heterocycles. The van der Waals surface area contributed by atoms with E-state index in [-0.39, 0.29) is 6.04 Å². The lowest BCUT2D eigenvalue weighted by atomic mass is 10.1. The Morgan fingerprint density at radius 2 is 2.29 bits per heavy atom. The van der Waals surface area contributed by atoms with E-state index in [1.807, 2.05) is 19.3 Å². The third kappa shape index (κ3) is 2.28. The summed E-state index contributed by atoms with van der Waals surface area (Å²) in [5.41, 5.74) is 1.94. The molecule has 0 aliphatic carbocycles. The van der Waals surface area contributed by atoms with E-state index in [0.717, 1.165) is 23.1 Å². The van der Waals surface area contributed by atoms with Crippen molar-refractivity contribution in [2.75, 3.05) is 24.5 Å². The summed E-state index contributed by atoms with van der Waals surface area (Å²) < 4.78 is 1.76. The summed E-state index contributed by atoms with van der Waals surface area (Å²) in [5.74, 6) is 0. The Labute approximate surface area is 122 Å². The standard InChI is InChI=1S/C14H19N5O2/c1-3-10-9-18(14(20)21)6-7-19(10)12-4-5-15-13-11(12)8-16-17(13)2/h4-5,8,10H,3,6-7,9H2,1-2H3,(H,20,21)/t10-/m0/s1. The highest BCUT2D eigenvalue weighted by Gasteiger charge is 2.29. The zero-order chi connectivity index (χ0) is 15.0. The fraction of sp³-hybridized carbons (Fsp3) is 0.500. The third-order valence-corrected chi connectivity index (χ3v) is 4.15. The molecule has 1 atom stereocenters. The molecule has 2 aromatic rings. The van der Waals surface area contributed by atoms with Gasteiger partial charge in [0.25, 0.3) is 0 Å². The number of aryl methyl sites for hydroxylation is 1. The van der Waals surface area contributed by atoms with E-state index in [0.29, 0.717) is 19.6 Å². The van der Waals surface area contributed by atoms with E-state index in [1.54, 1.807) is 10.9 Å². The Morgan fingerprint density at radius 1 is 1.48 bits per heavy atom. The highest BCUT2D eigenvalue weighted by atomic mass is 16.4. The van der Waals surface area contributed by atoms with Crippen LogP contribution in [0.15, 0.2) is 18.5 Å². The SMILES string of the molecule is CC[C@H]1CN(C(=O)O)CCN1c1ccnc2c1cnn2C. The van der Waals surface area contributed by atoms with Gasteiger partial charge in [0.15, 0.2) is 5.65 Å². The average molecular weight is 289 g/mol. The van der Waals surface area contributed by atoms with Crippen molar-refractivity contribution in [3.8, 4) is 0 Å². The average Bonchev–Trinajstić information content (AvgIpc) is 2.88. The van der Waals surface area contributed by atoms with Gasteiger partial charge >= 0.3 is 6.09 Å². The van der Waals surface area contributed by atoms with E-state index < -0.39 is 6.09 Å². The summed E-state index contributed by atoms with van der Waals surface area (Å²) in [6.07, 6.45) is 3.67. The van der Waals surface area contributed by atoms with Crippen molar-refractivity contribution in [3.63, 3.8) is 0 Å². The number of nitrogens with zero attached hydrogens (tertiary/aromatic N) is 5. The number of hydrogen-bond donors (Lipinski definition) is 1. The first kappa shape index (κ1) is 13.7. The van der Waals surface area contributed by atoms with Gasteiger partial charge in [-0.3, -0.25) is 4.68 Å². The number of piperazine rings is 1. The Bertz CT molecular complexity index is 668. The van der Waals surface area contributed by atoms with E-state index in [9.17, 15) is 4.79 Å². The molecular weight excluding hydrogens is 270 g/mol. The molecule has 1 aliphatic heterocycles. The molecule has 1 fully saturated rings. The lowest BCUT2D eigenvalue weighted by molar-refractivity contribution is 0.134. The molecule has 0 aromatic carbocycles. The molecule has 0 bridgehead atoms. The lowest BCUT2D eigenvalue weighted by Gasteiger charge is -2.41. The maximum absolute atomic E-state index is 11.2. The van der Waals surface area contributed by atoms with Crippen molar-refractivity contribution >= 4 is 22.8 Å². The van der Waals surface area contributed by atoms with Crippen LogP contribution in [0.4, 0.5) is 10.5 Å². The smallest absolute Gasteiger partial charge is 0.407 e. The highest BCUT2D eigenvalue weighted by Crippen LogP contribution is 2.29. The van der Waals surface area contributed by atoms with Gasteiger partial charge in [0, 0.05) is 38.9 Å². The van der Waals surface area contributed by atoms with Gasteiger partial charge in [-0.2, -0.15) is 5.10 Å². The zero-order valence-corrected chi connectivity index (χ0v) is 12.2. The summed E-state index contributed by atoms with van der Waals surface area (Å²) in [5, 5.41) is 14.5. The van der Waals surface area contributed by atoms with Crippen LogP contribution in [0.2, 0.25) is 0 Å². The molecule has 7 heteroatoms. The molecule has 1 saturated heterocycles. The molecule has 0 radical (unpaired) electrons. The number of aromatic nitrogens is 3. The van der Waals surface area contributed by atoms with Crippen LogP contribution in [0.25, 0.3) is 11.0 Å². The van der Waals surface area contributed by atoms with Crippen LogP contribution in [0.3, 0.4) is 0 Å². The summed E-state index contributed by atoms with van der Waals surface area (Å²) in [6.45, 7) is 3.84. The fourth-order valence-electron chi connectivity index (χ4n) is 2.98. The van der Waals surface area contributed by atoms with Crippen LogP contribution in [0.5, 0.6) is 0 Å². The minimum atomic E-state index is -0.839. The second kappa shape index (κ2) is 5.23. The maximum Gasteiger partial charge on any atom is 0.407 e. The van der Waals surface area contributed by atoms with Crippen molar-refractivity contribution in [2.45, 2.75) is 19.4 Å². The number of anilines is 1. The monoisotopic (exact) mass is 289 g/mol. The molecule has 21 heavy (non-hydrogen) atoms. The van der Waals surface area contributed by atoms with Crippen LogP contribution >= 0.6 is 0 Å². The quantitative estimate of drug-likeness (QED) is 0.908. The van der Waals surface area contributed by atoms with Crippen molar-refractivity contribution in [1.82, 2.24) is 19.7 Å². The highest BCUT2D eigenvalue weighted by molar-refractivity contribution is 5.89. The number of carbonyl (C=O) groups is 1.